The van der Waals surface area contributed by atoms with Gasteiger partial charge in [-0.25, -0.2) is 4.79 Å². The summed E-state index contributed by atoms with van der Waals surface area (Å²) in [4.78, 5) is 28.8. The topological polar surface area (TPSA) is 129 Å². The van der Waals surface area contributed by atoms with Crippen LogP contribution in [0.4, 0.5) is 0 Å². The number of hydrogen-bond acceptors (Lipinski definition) is 4. The van der Waals surface area contributed by atoms with Crippen LogP contribution in [-0.2, 0) is 14.3 Å². The van der Waals surface area contributed by atoms with E-state index in [0.29, 0.717) is 5.56 Å². The molecule has 0 atom stereocenters. The monoisotopic (exact) mass is 299 g/mol. The van der Waals surface area contributed by atoms with E-state index in [1.165, 1.54) is 13.0 Å². The van der Waals surface area contributed by atoms with Crippen molar-refractivity contribution in [3.63, 3.8) is 0 Å². The second-order valence-corrected chi connectivity index (χ2v) is 4.13. The summed E-state index contributed by atoms with van der Waals surface area (Å²) >= 11 is 0. The summed E-state index contributed by atoms with van der Waals surface area (Å²) in [5.74, 6) is -2.13. The smallest absolute Gasteiger partial charge is 0.446 e. The summed E-state index contributed by atoms with van der Waals surface area (Å²) < 4.78 is 4.60. The van der Waals surface area contributed by atoms with Gasteiger partial charge in [0.25, 0.3) is 5.78 Å². The number of Topliss-reactive ketones (excluding diaryl/α,β-unsaturated/α-hetero) is 1. The normalized spacial score (nSPS) is 10.2. The average Bonchev–Trinajstić information content (AvgIpc) is 2.50. The van der Waals surface area contributed by atoms with Crippen LogP contribution >= 0.6 is 0 Å². The first-order valence-electron chi connectivity index (χ1n) is 6.30. The van der Waals surface area contributed by atoms with E-state index in [0.717, 1.165) is 5.56 Å². The van der Waals surface area contributed by atoms with Crippen molar-refractivity contribution in [1.82, 2.24) is 0 Å². The molecule has 1 aromatic rings. The second-order valence-electron chi connectivity index (χ2n) is 4.13. The van der Waals surface area contributed by atoms with Gasteiger partial charge >= 0.3 is 11.7 Å². The Labute approximate surface area is 126 Å². The molecule has 0 spiro atoms. The summed E-state index contributed by atoms with van der Waals surface area (Å²) in [6, 6.07) is 7.01. The van der Waals surface area contributed by atoms with E-state index in [2.05, 4.69) is 19.6 Å². The van der Waals surface area contributed by atoms with Crippen molar-refractivity contribution in [2.45, 2.75) is 13.8 Å². The Morgan fingerprint density at radius 2 is 1.91 bits per heavy atom. The van der Waals surface area contributed by atoms with Gasteiger partial charge in [0.15, 0.2) is 0 Å². The van der Waals surface area contributed by atoms with Gasteiger partial charge in [0.05, 0.1) is 12.3 Å². The van der Waals surface area contributed by atoms with Gasteiger partial charge in [-0.1, -0.05) is 34.9 Å². The Balaban J connectivity index is 3.22. The molecule has 1 rings (SSSR count). The van der Waals surface area contributed by atoms with E-state index >= 15 is 0 Å². The van der Waals surface area contributed by atoms with Gasteiger partial charge in [0.1, 0.15) is 0 Å². The molecule has 1 aromatic carbocycles. The average molecular weight is 299 g/mol. The van der Waals surface area contributed by atoms with Crippen LogP contribution in [0.2, 0.25) is 0 Å². The van der Waals surface area contributed by atoms with Crippen molar-refractivity contribution in [1.29, 1.82) is 0 Å². The lowest BCUT2D eigenvalue weighted by Crippen LogP contribution is -2.28. The predicted molar refractivity (Wildman–Crippen MR) is 78.6 cm³/mol. The van der Waals surface area contributed by atoms with Crippen molar-refractivity contribution >= 4 is 23.5 Å². The summed E-state index contributed by atoms with van der Waals surface area (Å²) in [5, 5.41) is 3.25. The Kier molecular flexibility index (Phi) is 6.25. The molecule has 0 amide bonds. The summed E-state index contributed by atoms with van der Waals surface area (Å²) in [5.41, 5.74) is 17.7. The highest BCUT2D eigenvalue weighted by atomic mass is 16.5. The molecule has 0 fully saturated rings. The number of aryl methyl sites for hydroxylation is 1. The maximum atomic E-state index is 12.1. The van der Waals surface area contributed by atoms with E-state index in [4.69, 9.17) is 11.1 Å². The molecule has 0 aliphatic heterocycles. The van der Waals surface area contributed by atoms with E-state index in [9.17, 15) is 9.59 Å². The number of ketones is 1. The zero-order chi connectivity index (χ0) is 16.5. The predicted octanol–water partition coefficient (Wildman–Crippen LogP) is 2.45. The number of carbonyl (C=O) groups is 2. The van der Waals surface area contributed by atoms with Gasteiger partial charge < -0.3 is 10.3 Å². The zero-order valence-electron chi connectivity index (χ0n) is 12.1. The minimum absolute atomic E-state index is 0.00363. The zero-order valence-corrected chi connectivity index (χ0v) is 12.1. The first kappa shape index (κ1) is 16.8. The van der Waals surface area contributed by atoms with Crippen molar-refractivity contribution in [2.24, 2.45) is 5.11 Å². The molecule has 0 aliphatic rings. The first-order chi connectivity index (χ1) is 10.5. The molecule has 8 heteroatoms. The summed E-state index contributed by atoms with van der Waals surface area (Å²) in [7, 11) is 0. The third-order valence-electron chi connectivity index (χ3n) is 2.55. The molecular weight excluding hydrogens is 286 g/mol. The fourth-order valence-electron chi connectivity index (χ4n) is 1.51. The third kappa shape index (κ3) is 4.42. The number of ether oxygens (including phenoxy) is 1. The largest absolute Gasteiger partial charge is 0.457 e. The number of carbonyl (C=O) groups excluding carboxylic acids is 2. The molecule has 0 aliphatic carbocycles. The second kappa shape index (κ2) is 8.16. The van der Waals surface area contributed by atoms with Gasteiger partial charge in [0.2, 0.25) is 0 Å². The van der Waals surface area contributed by atoms with Crippen LogP contribution in [0.25, 0.3) is 22.0 Å². The lowest BCUT2D eigenvalue weighted by atomic mass is 10.1. The minimum Gasteiger partial charge on any atom is -0.457 e. The highest BCUT2D eigenvalue weighted by molar-refractivity contribution is 6.65. The van der Waals surface area contributed by atoms with E-state index in [1.54, 1.807) is 24.3 Å². The fraction of sp³-hybridized carbons (Fsp3) is 0.214. The van der Waals surface area contributed by atoms with Crippen LogP contribution < -0.4 is 0 Å². The number of esters is 1. The van der Waals surface area contributed by atoms with Gasteiger partial charge in [-0.3, -0.25) is 4.79 Å². The molecule has 0 aromatic heterocycles. The number of rotatable bonds is 6. The lowest BCUT2D eigenvalue weighted by molar-refractivity contribution is -0.141. The van der Waals surface area contributed by atoms with Gasteiger partial charge in [-0.15, -0.1) is 0 Å². The molecule has 22 heavy (non-hydrogen) atoms. The van der Waals surface area contributed by atoms with Crippen molar-refractivity contribution in [2.75, 3.05) is 6.61 Å². The first-order valence-corrected chi connectivity index (χ1v) is 6.30. The number of benzene rings is 1. The molecule has 112 valence electrons. The Bertz CT molecular complexity index is 708. The quantitative estimate of drug-likeness (QED) is 0.152. The Hall–Kier alpha value is -3.21. The van der Waals surface area contributed by atoms with Crippen LogP contribution in [-0.4, -0.2) is 28.9 Å². The van der Waals surface area contributed by atoms with Crippen molar-refractivity contribution < 1.29 is 19.1 Å². The molecule has 0 N–H and O–H groups in total. The van der Waals surface area contributed by atoms with Crippen LogP contribution in [0.5, 0.6) is 0 Å². The minimum atomic E-state index is -1.10. The van der Waals surface area contributed by atoms with Crippen LogP contribution in [0, 0.1) is 6.92 Å². The third-order valence-corrected chi connectivity index (χ3v) is 2.55. The molecule has 0 saturated heterocycles. The summed E-state index contributed by atoms with van der Waals surface area (Å²) in [6.07, 6.45) is 1.28. The molecule has 8 nitrogen and oxygen atoms in total. The molecule has 0 saturated carbocycles. The number of allylic oxidation sites excluding steroid dienone is 1. The van der Waals surface area contributed by atoms with Gasteiger partial charge in [-0.2, -0.15) is 4.79 Å². The molecule has 0 unspecified atom stereocenters. The van der Waals surface area contributed by atoms with Crippen LogP contribution in [0.3, 0.4) is 0 Å². The van der Waals surface area contributed by atoms with Gasteiger partial charge in [0, 0.05) is 4.91 Å². The fourth-order valence-corrected chi connectivity index (χ4v) is 1.51. The van der Waals surface area contributed by atoms with E-state index in [1.807, 2.05) is 6.92 Å². The summed E-state index contributed by atoms with van der Waals surface area (Å²) in [6.45, 7) is 3.43. The highest BCUT2D eigenvalue weighted by Crippen LogP contribution is 2.11. The standard InChI is InChI=1S/C14H13N5O3/c1-3-22-14(21)12(17-15)13(20)11(18-19-16)8-10-6-4-9(2)5-7-10/h4-8H,3H2,1-2H3/b11-8-. The maximum Gasteiger partial charge on any atom is 0.446 e. The molecule has 0 bridgehead atoms. The highest BCUT2D eigenvalue weighted by Gasteiger charge is 2.33. The van der Waals surface area contributed by atoms with Crippen LogP contribution in [0.1, 0.15) is 18.1 Å². The SMILES string of the molecule is CCOC(=O)C(=[N+]=[N-])C(=O)/C(=C/c1ccc(C)cc1)N=[N+]=[N-]. The molecule has 0 heterocycles. The Morgan fingerprint density at radius 1 is 1.27 bits per heavy atom. The number of azide groups is 1. The van der Waals surface area contributed by atoms with Crippen LogP contribution in [0.15, 0.2) is 35.1 Å². The maximum absolute atomic E-state index is 12.1. The van der Waals surface area contributed by atoms with Crippen molar-refractivity contribution in [3.8, 4) is 0 Å². The molecular formula is C14H13N5O3. The number of nitrogens with zero attached hydrogens (tertiary/aromatic N) is 5. The number of hydrogen-bond donors (Lipinski definition) is 0. The van der Waals surface area contributed by atoms with Crippen molar-refractivity contribution in [3.05, 3.63) is 57.1 Å². The van der Waals surface area contributed by atoms with E-state index in [-0.39, 0.29) is 12.3 Å². The van der Waals surface area contributed by atoms with E-state index < -0.39 is 17.5 Å². The Morgan fingerprint density at radius 3 is 2.41 bits per heavy atom. The lowest BCUT2D eigenvalue weighted by Gasteiger charge is -1.99. The van der Waals surface area contributed by atoms with Gasteiger partial charge in [-0.05, 0) is 31.0 Å². The molecule has 0 radical (unpaired) electrons.